The Labute approximate surface area is 83.4 Å². The van der Waals surface area contributed by atoms with E-state index < -0.39 is 0 Å². The standard InChI is InChI=1S/C10H15N3O/c1-8-12-7-10(13-8)5-3-4-6-11-9(2)14/h3,5,7H,4,6H2,1-2H3,(H,11,14)(H,12,13). The van der Waals surface area contributed by atoms with Gasteiger partial charge in [-0.1, -0.05) is 6.08 Å². The highest BCUT2D eigenvalue weighted by molar-refractivity contribution is 5.72. The Bertz CT molecular complexity index is 328. The first kappa shape index (κ1) is 10.5. The summed E-state index contributed by atoms with van der Waals surface area (Å²) in [4.78, 5) is 17.7. The van der Waals surface area contributed by atoms with Gasteiger partial charge in [-0.05, 0) is 19.4 Å². The predicted octanol–water partition coefficient (Wildman–Crippen LogP) is 1.26. The van der Waals surface area contributed by atoms with Crippen LogP contribution in [-0.4, -0.2) is 22.4 Å². The van der Waals surface area contributed by atoms with Crippen molar-refractivity contribution in [2.45, 2.75) is 20.3 Å². The van der Waals surface area contributed by atoms with E-state index in [0.717, 1.165) is 17.9 Å². The summed E-state index contributed by atoms with van der Waals surface area (Å²) in [6, 6.07) is 0. The second kappa shape index (κ2) is 5.21. The van der Waals surface area contributed by atoms with Gasteiger partial charge in [0.15, 0.2) is 0 Å². The van der Waals surface area contributed by atoms with Crippen LogP contribution in [0.1, 0.15) is 24.9 Å². The number of nitrogens with zero attached hydrogens (tertiary/aromatic N) is 1. The molecule has 1 amide bonds. The van der Waals surface area contributed by atoms with E-state index in [2.05, 4.69) is 15.3 Å². The Kier molecular flexibility index (Phi) is 3.91. The SMILES string of the molecule is CC(=O)NCCC=Cc1cnc(C)[nH]1. The zero-order chi connectivity index (χ0) is 10.4. The Morgan fingerprint density at radius 1 is 1.71 bits per heavy atom. The summed E-state index contributed by atoms with van der Waals surface area (Å²) in [6.07, 6.45) is 6.58. The van der Waals surface area contributed by atoms with Crippen LogP contribution < -0.4 is 5.32 Å². The smallest absolute Gasteiger partial charge is 0.216 e. The first-order valence-electron chi connectivity index (χ1n) is 4.61. The molecule has 4 heteroatoms. The van der Waals surface area contributed by atoms with Gasteiger partial charge in [0.25, 0.3) is 0 Å². The molecule has 0 atom stereocenters. The summed E-state index contributed by atoms with van der Waals surface area (Å²) in [6.45, 7) is 4.11. The number of aromatic nitrogens is 2. The lowest BCUT2D eigenvalue weighted by Gasteiger charge is -1.95. The van der Waals surface area contributed by atoms with Gasteiger partial charge in [0, 0.05) is 13.5 Å². The van der Waals surface area contributed by atoms with Crippen molar-refractivity contribution in [2.75, 3.05) is 6.54 Å². The van der Waals surface area contributed by atoms with Crippen molar-refractivity contribution in [1.82, 2.24) is 15.3 Å². The van der Waals surface area contributed by atoms with E-state index in [1.807, 2.05) is 19.1 Å². The summed E-state index contributed by atoms with van der Waals surface area (Å²) in [7, 11) is 0. The molecule has 1 heterocycles. The molecule has 0 radical (unpaired) electrons. The highest BCUT2D eigenvalue weighted by atomic mass is 16.1. The molecule has 0 saturated carbocycles. The minimum Gasteiger partial charge on any atom is -0.356 e. The third kappa shape index (κ3) is 3.89. The van der Waals surface area contributed by atoms with Crippen molar-refractivity contribution >= 4 is 12.0 Å². The Morgan fingerprint density at radius 3 is 3.07 bits per heavy atom. The number of aromatic amines is 1. The fourth-order valence-electron chi connectivity index (χ4n) is 1.07. The van der Waals surface area contributed by atoms with Gasteiger partial charge in [0.1, 0.15) is 5.82 Å². The lowest BCUT2D eigenvalue weighted by Crippen LogP contribution is -2.20. The number of nitrogens with one attached hydrogen (secondary N) is 2. The number of hydrogen-bond acceptors (Lipinski definition) is 2. The molecule has 76 valence electrons. The summed E-state index contributed by atoms with van der Waals surface area (Å²) in [5, 5.41) is 2.72. The van der Waals surface area contributed by atoms with Gasteiger partial charge in [0.05, 0.1) is 11.9 Å². The molecule has 0 saturated heterocycles. The second-order valence-corrected chi connectivity index (χ2v) is 3.10. The molecule has 1 aromatic heterocycles. The average molecular weight is 193 g/mol. The molecule has 2 N–H and O–H groups in total. The molecule has 0 fully saturated rings. The first-order valence-corrected chi connectivity index (χ1v) is 4.61. The minimum absolute atomic E-state index is 0.00999. The van der Waals surface area contributed by atoms with Gasteiger partial charge >= 0.3 is 0 Å². The number of carbonyl (C=O) groups excluding carboxylic acids is 1. The van der Waals surface area contributed by atoms with Crippen LogP contribution in [0.15, 0.2) is 12.3 Å². The maximum atomic E-state index is 10.5. The highest BCUT2D eigenvalue weighted by Gasteiger charge is 1.90. The Morgan fingerprint density at radius 2 is 2.50 bits per heavy atom. The van der Waals surface area contributed by atoms with Crippen molar-refractivity contribution in [3.63, 3.8) is 0 Å². The van der Waals surface area contributed by atoms with Crippen molar-refractivity contribution in [1.29, 1.82) is 0 Å². The van der Waals surface area contributed by atoms with Gasteiger partial charge in [-0.25, -0.2) is 4.98 Å². The van der Waals surface area contributed by atoms with E-state index in [1.54, 1.807) is 6.20 Å². The molecular formula is C10H15N3O. The fourth-order valence-corrected chi connectivity index (χ4v) is 1.07. The minimum atomic E-state index is 0.00999. The predicted molar refractivity (Wildman–Crippen MR) is 55.7 cm³/mol. The van der Waals surface area contributed by atoms with Crippen molar-refractivity contribution in [3.8, 4) is 0 Å². The third-order valence-corrected chi connectivity index (χ3v) is 1.70. The van der Waals surface area contributed by atoms with E-state index in [0.29, 0.717) is 6.54 Å². The molecule has 0 aliphatic rings. The number of rotatable bonds is 4. The lowest BCUT2D eigenvalue weighted by molar-refractivity contribution is -0.118. The van der Waals surface area contributed by atoms with Crippen LogP contribution in [-0.2, 0) is 4.79 Å². The first-order chi connectivity index (χ1) is 6.68. The Hall–Kier alpha value is -1.58. The molecule has 14 heavy (non-hydrogen) atoms. The summed E-state index contributed by atoms with van der Waals surface area (Å²) >= 11 is 0. The number of hydrogen-bond donors (Lipinski definition) is 2. The summed E-state index contributed by atoms with van der Waals surface area (Å²) in [5.74, 6) is 0.919. The van der Waals surface area contributed by atoms with Gasteiger partial charge in [-0.3, -0.25) is 4.79 Å². The molecule has 0 aliphatic carbocycles. The van der Waals surface area contributed by atoms with E-state index in [9.17, 15) is 4.79 Å². The molecule has 0 aliphatic heterocycles. The van der Waals surface area contributed by atoms with Crippen LogP contribution in [0.4, 0.5) is 0 Å². The van der Waals surface area contributed by atoms with Crippen molar-refractivity contribution in [2.24, 2.45) is 0 Å². The van der Waals surface area contributed by atoms with Crippen LogP contribution in [0.3, 0.4) is 0 Å². The number of H-pyrrole nitrogens is 1. The van der Waals surface area contributed by atoms with E-state index in [4.69, 9.17) is 0 Å². The van der Waals surface area contributed by atoms with Crippen LogP contribution in [0.25, 0.3) is 6.08 Å². The van der Waals surface area contributed by atoms with Gasteiger partial charge < -0.3 is 10.3 Å². The number of carbonyl (C=O) groups is 1. The summed E-state index contributed by atoms with van der Waals surface area (Å²) < 4.78 is 0. The average Bonchev–Trinajstić information content (AvgIpc) is 2.50. The molecule has 0 unspecified atom stereocenters. The van der Waals surface area contributed by atoms with E-state index in [-0.39, 0.29) is 5.91 Å². The number of imidazole rings is 1. The molecule has 1 aromatic rings. The number of amides is 1. The normalized spacial score (nSPS) is 10.7. The number of aryl methyl sites for hydroxylation is 1. The topological polar surface area (TPSA) is 57.8 Å². The molecule has 0 aromatic carbocycles. The molecule has 0 bridgehead atoms. The zero-order valence-corrected chi connectivity index (χ0v) is 8.50. The van der Waals surface area contributed by atoms with Gasteiger partial charge in [-0.2, -0.15) is 0 Å². The van der Waals surface area contributed by atoms with Crippen molar-refractivity contribution in [3.05, 3.63) is 23.8 Å². The zero-order valence-electron chi connectivity index (χ0n) is 8.50. The van der Waals surface area contributed by atoms with Crippen molar-refractivity contribution < 1.29 is 4.79 Å². The molecule has 0 spiro atoms. The van der Waals surface area contributed by atoms with Gasteiger partial charge in [-0.15, -0.1) is 0 Å². The van der Waals surface area contributed by atoms with Crippen LogP contribution >= 0.6 is 0 Å². The van der Waals surface area contributed by atoms with Crippen LogP contribution in [0, 0.1) is 6.92 Å². The lowest BCUT2D eigenvalue weighted by atomic mass is 10.3. The van der Waals surface area contributed by atoms with E-state index >= 15 is 0 Å². The highest BCUT2D eigenvalue weighted by Crippen LogP contribution is 1.98. The second-order valence-electron chi connectivity index (χ2n) is 3.10. The van der Waals surface area contributed by atoms with Crippen LogP contribution in [0.2, 0.25) is 0 Å². The largest absolute Gasteiger partial charge is 0.356 e. The molecule has 4 nitrogen and oxygen atoms in total. The maximum absolute atomic E-state index is 10.5. The fraction of sp³-hybridized carbons (Fsp3) is 0.400. The molecular weight excluding hydrogens is 178 g/mol. The third-order valence-electron chi connectivity index (χ3n) is 1.70. The van der Waals surface area contributed by atoms with E-state index in [1.165, 1.54) is 6.92 Å². The Balaban J connectivity index is 2.24. The maximum Gasteiger partial charge on any atom is 0.216 e. The van der Waals surface area contributed by atoms with Crippen LogP contribution in [0.5, 0.6) is 0 Å². The monoisotopic (exact) mass is 193 g/mol. The summed E-state index contributed by atoms with van der Waals surface area (Å²) in [5.41, 5.74) is 0.991. The quantitative estimate of drug-likeness (QED) is 0.707. The molecule has 1 rings (SSSR count). The van der Waals surface area contributed by atoms with Gasteiger partial charge in [0.2, 0.25) is 5.91 Å².